The molecule has 0 saturated carbocycles. The first-order valence-electron chi connectivity index (χ1n) is 9.07. The number of hydrogen-bond acceptors (Lipinski definition) is 6. The highest BCUT2D eigenvalue weighted by atomic mass is 16.5. The van der Waals surface area contributed by atoms with Crippen LogP contribution >= 0.6 is 0 Å². The van der Waals surface area contributed by atoms with Crippen LogP contribution in [0.3, 0.4) is 0 Å². The first kappa shape index (κ1) is 19.4. The summed E-state index contributed by atoms with van der Waals surface area (Å²) in [5, 5.41) is 23.5. The average molecular weight is 403 g/mol. The third-order valence-corrected chi connectivity index (χ3v) is 5.06. The van der Waals surface area contributed by atoms with Crippen LogP contribution in [0, 0.1) is 0 Å². The third-order valence-electron chi connectivity index (χ3n) is 5.06. The molecule has 150 valence electrons. The van der Waals surface area contributed by atoms with E-state index >= 15 is 0 Å². The Morgan fingerprint density at radius 2 is 1.57 bits per heavy atom. The molecular formula is C23H17NO6. The second kappa shape index (κ2) is 7.13. The molecule has 1 amide bonds. The lowest BCUT2D eigenvalue weighted by Gasteiger charge is -2.31. The summed E-state index contributed by atoms with van der Waals surface area (Å²) >= 11 is 0. The monoisotopic (exact) mass is 403 g/mol. The Morgan fingerprint density at radius 1 is 0.933 bits per heavy atom. The first-order valence-corrected chi connectivity index (χ1v) is 9.07. The van der Waals surface area contributed by atoms with E-state index in [1.165, 1.54) is 18.2 Å². The van der Waals surface area contributed by atoms with Crippen molar-refractivity contribution in [3.8, 4) is 0 Å². The van der Waals surface area contributed by atoms with Gasteiger partial charge in [-0.15, -0.1) is 0 Å². The van der Waals surface area contributed by atoms with E-state index in [-0.39, 0.29) is 11.3 Å². The van der Waals surface area contributed by atoms with Gasteiger partial charge in [0.15, 0.2) is 0 Å². The molecule has 3 aromatic carbocycles. The number of Topliss-reactive ketones (excluding diaryl/α,β-unsaturated/α-hetero) is 1. The van der Waals surface area contributed by atoms with Crippen LogP contribution in [0.1, 0.15) is 5.56 Å². The van der Waals surface area contributed by atoms with Gasteiger partial charge in [0.1, 0.15) is 11.3 Å². The summed E-state index contributed by atoms with van der Waals surface area (Å²) in [6.07, 6.45) is 0. The van der Waals surface area contributed by atoms with Crippen molar-refractivity contribution in [3.63, 3.8) is 0 Å². The van der Waals surface area contributed by atoms with E-state index in [9.17, 15) is 24.6 Å². The molecule has 0 radical (unpaired) electrons. The van der Waals surface area contributed by atoms with Crippen LogP contribution in [0.5, 0.6) is 0 Å². The van der Waals surface area contributed by atoms with E-state index in [4.69, 9.17) is 4.74 Å². The number of amides is 1. The van der Waals surface area contributed by atoms with E-state index in [1.54, 1.807) is 54.6 Å². The summed E-state index contributed by atoms with van der Waals surface area (Å²) in [5.41, 5.74) is -3.29. The fourth-order valence-corrected chi connectivity index (χ4v) is 3.66. The van der Waals surface area contributed by atoms with Crippen LogP contribution in [0.4, 0.5) is 5.69 Å². The number of benzene rings is 3. The molecule has 1 saturated heterocycles. The molecule has 3 aromatic rings. The standard InChI is InChI=1S/C23H17NO6/c1-30-22(28)23(29)18(19(25)15-9-3-2-4-10-15)20(26)21(27)24(23)17-13-7-11-14-8-5-6-12-16(14)17/h2-13,25,29H,1H3/b19-18+. The molecule has 1 aliphatic heterocycles. The Balaban J connectivity index is 2.03. The molecule has 1 atom stereocenters. The number of anilines is 1. The second-order valence-electron chi connectivity index (χ2n) is 6.72. The minimum atomic E-state index is -2.84. The van der Waals surface area contributed by atoms with Crippen molar-refractivity contribution in [1.29, 1.82) is 0 Å². The minimum absolute atomic E-state index is 0.134. The molecule has 0 bridgehead atoms. The zero-order valence-corrected chi connectivity index (χ0v) is 15.9. The molecule has 4 rings (SSSR count). The number of carbonyl (C=O) groups is 3. The van der Waals surface area contributed by atoms with E-state index in [1.807, 2.05) is 0 Å². The van der Waals surface area contributed by atoms with Gasteiger partial charge in [0, 0.05) is 10.9 Å². The maximum Gasteiger partial charge on any atom is 0.365 e. The Hall–Kier alpha value is -3.97. The van der Waals surface area contributed by atoms with Crippen LogP contribution in [-0.4, -0.2) is 40.7 Å². The van der Waals surface area contributed by atoms with Crippen LogP contribution in [0.25, 0.3) is 16.5 Å². The zero-order valence-electron chi connectivity index (χ0n) is 15.9. The lowest BCUT2D eigenvalue weighted by atomic mass is 9.97. The summed E-state index contributed by atoms with van der Waals surface area (Å²) in [6, 6.07) is 19.8. The van der Waals surface area contributed by atoms with Crippen molar-refractivity contribution in [3.05, 3.63) is 83.9 Å². The molecule has 30 heavy (non-hydrogen) atoms. The molecule has 0 aliphatic carbocycles. The van der Waals surface area contributed by atoms with Gasteiger partial charge in [-0.05, 0) is 11.5 Å². The highest BCUT2D eigenvalue weighted by molar-refractivity contribution is 6.54. The predicted octanol–water partition coefficient (Wildman–Crippen LogP) is 2.59. The number of ketones is 1. The number of rotatable bonds is 3. The normalized spacial score (nSPS) is 20.5. The van der Waals surface area contributed by atoms with E-state index in [0.29, 0.717) is 10.3 Å². The molecule has 1 fully saturated rings. The zero-order chi connectivity index (χ0) is 21.5. The van der Waals surface area contributed by atoms with Gasteiger partial charge in [0.2, 0.25) is 0 Å². The Bertz CT molecular complexity index is 1210. The largest absolute Gasteiger partial charge is 0.507 e. The molecule has 1 unspecified atom stereocenters. The molecular weight excluding hydrogens is 386 g/mol. The Labute approximate surface area is 171 Å². The van der Waals surface area contributed by atoms with Crippen LogP contribution < -0.4 is 4.90 Å². The van der Waals surface area contributed by atoms with Crippen molar-refractivity contribution in [1.82, 2.24) is 0 Å². The maximum absolute atomic E-state index is 13.0. The lowest BCUT2D eigenvalue weighted by molar-refractivity contribution is -0.158. The van der Waals surface area contributed by atoms with Crippen LogP contribution in [0.15, 0.2) is 78.4 Å². The van der Waals surface area contributed by atoms with Crippen molar-refractivity contribution < 1.29 is 29.3 Å². The molecule has 2 N–H and O–H groups in total. The van der Waals surface area contributed by atoms with Gasteiger partial charge in [-0.1, -0.05) is 66.7 Å². The number of fused-ring (bicyclic) bond motifs is 1. The predicted molar refractivity (Wildman–Crippen MR) is 109 cm³/mol. The summed E-state index contributed by atoms with van der Waals surface area (Å²) in [7, 11) is 1.02. The van der Waals surface area contributed by atoms with Crippen molar-refractivity contribution >= 4 is 39.9 Å². The van der Waals surface area contributed by atoms with Crippen LogP contribution in [-0.2, 0) is 19.1 Å². The van der Waals surface area contributed by atoms with Gasteiger partial charge in [0.05, 0.1) is 12.8 Å². The molecule has 0 spiro atoms. The molecule has 7 nitrogen and oxygen atoms in total. The number of aliphatic hydroxyl groups excluding tert-OH is 1. The Morgan fingerprint density at radius 3 is 2.27 bits per heavy atom. The topological polar surface area (TPSA) is 104 Å². The number of esters is 1. The number of ether oxygens (including phenoxy) is 1. The Kier molecular flexibility index (Phi) is 4.60. The summed E-state index contributed by atoms with van der Waals surface area (Å²) < 4.78 is 4.73. The third kappa shape index (κ3) is 2.67. The van der Waals surface area contributed by atoms with Crippen LogP contribution in [0.2, 0.25) is 0 Å². The number of carbonyl (C=O) groups excluding carboxylic acids is 3. The molecule has 1 heterocycles. The quantitative estimate of drug-likeness (QED) is 0.302. The second-order valence-corrected chi connectivity index (χ2v) is 6.72. The summed E-state index contributed by atoms with van der Waals surface area (Å²) in [6.45, 7) is 0. The van der Waals surface area contributed by atoms with Crippen molar-refractivity contribution in [2.24, 2.45) is 0 Å². The minimum Gasteiger partial charge on any atom is -0.507 e. The molecule has 1 aliphatic rings. The molecule has 7 heteroatoms. The van der Waals surface area contributed by atoms with Gasteiger partial charge in [-0.3, -0.25) is 14.5 Å². The van der Waals surface area contributed by atoms with E-state index in [2.05, 4.69) is 0 Å². The van der Waals surface area contributed by atoms with Gasteiger partial charge in [-0.2, -0.15) is 0 Å². The fraction of sp³-hybridized carbons (Fsp3) is 0.0870. The smallest absolute Gasteiger partial charge is 0.365 e. The first-order chi connectivity index (χ1) is 14.4. The summed E-state index contributed by atoms with van der Waals surface area (Å²) in [5.74, 6) is -4.30. The summed E-state index contributed by atoms with van der Waals surface area (Å²) in [4.78, 5) is 39.3. The van der Waals surface area contributed by atoms with E-state index < -0.39 is 34.7 Å². The number of nitrogens with zero attached hydrogens (tertiary/aromatic N) is 1. The van der Waals surface area contributed by atoms with Crippen molar-refractivity contribution in [2.75, 3.05) is 12.0 Å². The van der Waals surface area contributed by atoms with Gasteiger partial charge in [-0.25, -0.2) is 4.79 Å². The number of aliphatic hydroxyl groups is 2. The van der Waals surface area contributed by atoms with E-state index in [0.717, 1.165) is 12.5 Å². The average Bonchev–Trinajstić information content (AvgIpc) is 2.99. The number of methoxy groups -OCH3 is 1. The SMILES string of the molecule is COC(=O)C1(O)/C(=C(/O)c2ccccc2)C(=O)C(=O)N1c1cccc2ccccc12. The number of hydrogen-bond donors (Lipinski definition) is 2. The highest BCUT2D eigenvalue weighted by Crippen LogP contribution is 2.42. The van der Waals surface area contributed by atoms with Gasteiger partial charge >= 0.3 is 11.9 Å². The highest BCUT2D eigenvalue weighted by Gasteiger charge is 2.62. The van der Waals surface area contributed by atoms with Gasteiger partial charge in [0.25, 0.3) is 11.5 Å². The lowest BCUT2D eigenvalue weighted by Crippen LogP contribution is -2.54. The molecule has 0 aromatic heterocycles. The maximum atomic E-state index is 13.0. The fourth-order valence-electron chi connectivity index (χ4n) is 3.66. The van der Waals surface area contributed by atoms with Gasteiger partial charge < -0.3 is 14.9 Å². The van der Waals surface area contributed by atoms with Crippen molar-refractivity contribution in [2.45, 2.75) is 5.72 Å².